The Morgan fingerprint density at radius 1 is 1.21 bits per heavy atom. The molecule has 1 fully saturated rings. The highest BCUT2D eigenvalue weighted by molar-refractivity contribution is 7.89. The van der Waals surface area contributed by atoms with Crippen LogP contribution in [-0.2, 0) is 23.0 Å². The third-order valence-corrected chi connectivity index (χ3v) is 7.38. The fourth-order valence-corrected chi connectivity index (χ4v) is 5.63. The van der Waals surface area contributed by atoms with Crippen LogP contribution in [0.25, 0.3) is 0 Å². The highest BCUT2D eigenvalue weighted by Crippen LogP contribution is 2.29. The van der Waals surface area contributed by atoms with Gasteiger partial charge in [-0.05, 0) is 43.9 Å². The molecule has 1 aliphatic rings. The lowest BCUT2D eigenvalue weighted by Crippen LogP contribution is -2.28. The van der Waals surface area contributed by atoms with Gasteiger partial charge in [-0.3, -0.25) is 0 Å². The summed E-state index contributed by atoms with van der Waals surface area (Å²) in [5.74, 6) is 0.00857. The van der Waals surface area contributed by atoms with E-state index in [1.807, 2.05) is 24.5 Å². The van der Waals surface area contributed by atoms with E-state index in [0.29, 0.717) is 35.5 Å². The van der Waals surface area contributed by atoms with Gasteiger partial charge in [-0.2, -0.15) is 9.57 Å². The van der Waals surface area contributed by atoms with Crippen LogP contribution in [0.4, 0.5) is 0 Å². The van der Waals surface area contributed by atoms with Crippen molar-refractivity contribution in [1.29, 1.82) is 5.26 Å². The molecular weight excluding hydrogens is 374 g/mol. The molecule has 6 nitrogen and oxygen atoms in total. The lowest BCUT2D eigenvalue weighted by molar-refractivity contribution is 0.376. The van der Waals surface area contributed by atoms with E-state index in [9.17, 15) is 18.8 Å². The lowest BCUT2D eigenvalue weighted by Gasteiger charge is -2.18. The SMILES string of the molecule is C=C(O)Cn1c(C)c(C#N)c(Cc2ccccc2S(=O)(=O)N2CCCC2)c1C. The number of benzene rings is 1. The molecule has 2 aromatic rings. The second kappa shape index (κ2) is 7.82. The van der Waals surface area contributed by atoms with Gasteiger partial charge in [0.05, 0.1) is 17.0 Å². The topological polar surface area (TPSA) is 86.3 Å². The third-order valence-electron chi connectivity index (χ3n) is 5.39. The van der Waals surface area contributed by atoms with E-state index in [4.69, 9.17) is 0 Å². The van der Waals surface area contributed by atoms with Gasteiger partial charge in [0.1, 0.15) is 11.8 Å². The maximum atomic E-state index is 13.1. The van der Waals surface area contributed by atoms with Crippen LogP contribution in [0.3, 0.4) is 0 Å². The monoisotopic (exact) mass is 399 g/mol. The molecule has 0 amide bonds. The van der Waals surface area contributed by atoms with Crippen molar-refractivity contribution in [1.82, 2.24) is 8.87 Å². The molecule has 0 aliphatic carbocycles. The first kappa shape index (κ1) is 20.2. The second-order valence-electron chi connectivity index (χ2n) is 7.18. The van der Waals surface area contributed by atoms with Crippen molar-refractivity contribution >= 4 is 10.0 Å². The Hall–Kier alpha value is -2.56. The Balaban J connectivity index is 2.07. The summed E-state index contributed by atoms with van der Waals surface area (Å²) in [5.41, 5.74) is 3.55. The number of allylic oxidation sites excluding steroid dienone is 1. The van der Waals surface area contributed by atoms with Crippen molar-refractivity contribution in [3.8, 4) is 6.07 Å². The van der Waals surface area contributed by atoms with Gasteiger partial charge < -0.3 is 9.67 Å². The molecule has 7 heteroatoms. The standard InChI is InChI=1S/C21H25N3O3S/c1-15(25)14-24-16(2)19(20(13-22)17(24)3)12-18-8-4-5-9-21(18)28(26,27)23-10-6-7-11-23/h4-5,8-9,25H,1,6-7,10-12,14H2,2-3H3. The molecule has 0 unspecified atom stereocenters. The van der Waals surface area contributed by atoms with Crippen molar-refractivity contribution in [3.05, 3.63) is 64.7 Å². The Labute approximate surface area is 166 Å². The van der Waals surface area contributed by atoms with E-state index in [0.717, 1.165) is 29.8 Å². The minimum Gasteiger partial charge on any atom is -0.511 e. The first-order valence-electron chi connectivity index (χ1n) is 9.30. The van der Waals surface area contributed by atoms with Crippen LogP contribution in [0, 0.1) is 25.2 Å². The Bertz CT molecular complexity index is 1060. The number of aromatic nitrogens is 1. The van der Waals surface area contributed by atoms with Crippen molar-refractivity contribution < 1.29 is 13.5 Å². The van der Waals surface area contributed by atoms with E-state index in [2.05, 4.69) is 12.6 Å². The summed E-state index contributed by atoms with van der Waals surface area (Å²) >= 11 is 0. The van der Waals surface area contributed by atoms with Gasteiger partial charge in [0.2, 0.25) is 10.0 Å². The minimum atomic E-state index is -3.55. The average Bonchev–Trinajstić information content (AvgIpc) is 3.26. The molecule has 0 spiro atoms. The molecule has 0 radical (unpaired) electrons. The van der Waals surface area contributed by atoms with Crippen molar-refractivity contribution in [2.75, 3.05) is 13.1 Å². The van der Waals surface area contributed by atoms with E-state index in [1.54, 1.807) is 18.2 Å². The molecule has 28 heavy (non-hydrogen) atoms. The van der Waals surface area contributed by atoms with E-state index < -0.39 is 10.0 Å². The molecule has 0 bridgehead atoms. The van der Waals surface area contributed by atoms with Crippen LogP contribution in [0.1, 0.15) is 40.9 Å². The third kappa shape index (κ3) is 3.58. The molecular formula is C21H25N3O3S. The predicted molar refractivity (Wildman–Crippen MR) is 108 cm³/mol. The van der Waals surface area contributed by atoms with Crippen LogP contribution >= 0.6 is 0 Å². The summed E-state index contributed by atoms with van der Waals surface area (Å²) in [5, 5.41) is 19.3. The van der Waals surface area contributed by atoms with Crippen molar-refractivity contribution in [2.45, 2.75) is 44.6 Å². The summed E-state index contributed by atoms with van der Waals surface area (Å²) in [4.78, 5) is 0.303. The van der Waals surface area contributed by atoms with Crippen LogP contribution < -0.4 is 0 Å². The maximum Gasteiger partial charge on any atom is 0.243 e. The number of aliphatic hydroxyl groups is 1. The van der Waals surface area contributed by atoms with Crippen LogP contribution in [0.5, 0.6) is 0 Å². The Morgan fingerprint density at radius 3 is 2.46 bits per heavy atom. The van der Waals surface area contributed by atoms with Gasteiger partial charge in [-0.15, -0.1) is 0 Å². The summed E-state index contributed by atoms with van der Waals surface area (Å²) < 4.78 is 29.6. The molecule has 0 saturated carbocycles. The van der Waals surface area contributed by atoms with Crippen molar-refractivity contribution in [2.24, 2.45) is 0 Å². The van der Waals surface area contributed by atoms with Crippen LogP contribution in [-0.4, -0.2) is 35.5 Å². The molecule has 0 atom stereocenters. The first-order chi connectivity index (χ1) is 13.3. The number of nitriles is 1. The van der Waals surface area contributed by atoms with Crippen molar-refractivity contribution in [3.63, 3.8) is 0 Å². The Kier molecular flexibility index (Phi) is 5.64. The molecule has 1 aromatic carbocycles. The summed E-state index contributed by atoms with van der Waals surface area (Å²) in [6, 6.07) is 9.24. The van der Waals surface area contributed by atoms with Gasteiger partial charge in [0.25, 0.3) is 0 Å². The highest BCUT2D eigenvalue weighted by atomic mass is 32.2. The van der Waals surface area contributed by atoms with Gasteiger partial charge >= 0.3 is 0 Å². The molecule has 2 heterocycles. The highest BCUT2D eigenvalue weighted by Gasteiger charge is 2.29. The molecule has 1 aromatic heterocycles. The normalized spacial score (nSPS) is 14.9. The molecule has 1 N–H and O–H groups in total. The predicted octanol–water partition coefficient (Wildman–Crippen LogP) is 3.42. The fourth-order valence-electron chi connectivity index (χ4n) is 3.89. The zero-order valence-corrected chi connectivity index (χ0v) is 17.1. The first-order valence-corrected chi connectivity index (χ1v) is 10.7. The van der Waals surface area contributed by atoms with Gasteiger partial charge in [0, 0.05) is 30.9 Å². The number of hydrogen-bond donors (Lipinski definition) is 1. The Morgan fingerprint density at radius 2 is 1.86 bits per heavy atom. The van der Waals surface area contributed by atoms with Gasteiger partial charge in [0.15, 0.2) is 0 Å². The van der Waals surface area contributed by atoms with Gasteiger partial charge in [-0.1, -0.05) is 24.8 Å². The number of rotatable bonds is 6. The lowest BCUT2D eigenvalue weighted by atomic mass is 10.0. The maximum absolute atomic E-state index is 13.1. The molecule has 1 saturated heterocycles. The second-order valence-corrected chi connectivity index (χ2v) is 9.09. The summed E-state index contributed by atoms with van der Waals surface area (Å²) in [6.45, 7) is 8.55. The number of sulfonamides is 1. The van der Waals surface area contributed by atoms with E-state index in [1.165, 1.54) is 4.31 Å². The largest absolute Gasteiger partial charge is 0.511 e. The average molecular weight is 400 g/mol. The van der Waals surface area contributed by atoms with E-state index in [-0.39, 0.29) is 12.3 Å². The van der Waals surface area contributed by atoms with Crippen LogP contribution in [0.15, 0.2) is 41.5 Å². The van der Waals surface area contributed by atoms with Gasteiger partial charge in [-0.25, -0.2) is 8.42 Å². The smallest absolute Gasteiger partial charge is 0.243 e. The fraction of sp³-hybridized carbons (Fsp3) is 0.381. The number of hydrogen-bond acceptors (Lipinski definition) is 4. The van der Waals surface area contributed by atoms with E-state index >= 15 is 0 Å². The minimum absolute atomic E-state index is 0.00857. The number of aliphatic hydroxyl groups excluding tert-OH is 1. The molecule has 148 valence electrons. The summed E-state index contributed by atoms with van der Waals surface area (Å²) in [7, 11) is -3.55. The zero-order chi connectivity index (χ0) is 20.5. The zero-order valence-electron chi connectivity index (χ0n) is 16.3. The molecule has 3 rings (SSSR count). The van der Waals surface area contributed by atoms with Crippen LogP contribution in [0.2, 0.25) is 0 Å². The quantitative estimate of drug-likeness (QED) is 0.754. The summed E-state index contributed by atoms with van der Waals surface area (Å²) in [6.07, 6.45) is 2.10. The number of nitrogens with zero attached hydrogens (tertiary/aromatic N) is 3. The molecule has 1 aliphatic heterocycles.